The molecule has 16 heteroatoms. The summed E-state index contributed by atoms with van der Waals surface area (Å²) in [6.45, 7) is 13.9. The fourth-order valence-corrected chi connectivity index (χ4v) is 12.1. The zero-order valence-corrected chi connectivity index (χ0v) is 40.2. The van der Waals surface area contributed by atoms with E-state index in [0.29, 0.717) is 29.8 Å². The number of carbonyl (C=O) groups is 1. The summed E-state index contributed by atoms with van der Waals surface area (Å²) in [4.78, 5) is 40.0. The zero-order valence-electron chi connectivity index (χ0n) is 37.7. The summed E-state index contributed by atoms with van der Waals surface area (Å²) < 4.78 is 36.1. The molecule has 3 aromatic carbocycles. The predicted octanol–water partition coefficient (Wildman–Crippen LogP) is 9.54. The SMILES string of the molecule is C=P1(C)CCN(C(C)CCc2ccc(S(=O)(=O)NC(=O)c3ccc(N4CCN(CC5=C(c6ccc(Cl)cc6)CC(C)(C)CC5)CC4)cc3Oc3cnc4[nH]ccc4c3)cc2[N+](=O)[O-])CC1. The number of hydrogen-bond acceptors (Lipinski definition) is 10. The van der Waals surface area contributed by atoms with Crippen LogP contribution in [0.4, 0.5) is 11.4 Å². The van der Waals surface area contributed by atoms with Gasteiger partial charge in [-0.1, -0.05) is 49.2 Å². The largest absolute Gasteiger partial charge is 0.455 e. The maximum atomic E-state index is 14.0. The number of aromatic amines is 1. The average molecular weight is 941 g/mol. The molecule has 65 heavy (non-hydrogen) atoms. The van der Waals surface area contributed by atoms with Crippen molar-refractivity contribution in [2.45, 2.75) is 63.8 Å². The Morgan fingerprint density at radius 1 is 1.03 bits per heavy atom. The second kappa shape index (κ2) is 19.1. The lowest BCUT2D eigenvalue weighted by Crippen LogP contribution is -2.47. The molecule has 8 rings (SSSR count). The number of nitrogens with zero attached hydrogens (tertiary/aromatic N) is 5. The first-order chi connectivity index (χ1) is 30.9. The topological polar surface area (TPSA) is 154 Å². The van der Waals surface area contributed by atoms with E-state index >= 15 is 0 Å². The molecule has 344 valence electrons. The standard InChI is InChI=1S/C49H59ClN7O6PS/c1-34(55-24-26-64(4,5)27-25-55)6-7-36-10-14-42(30-45(36)57(59)60)65(61,62)53-48(58)43-15-13-40(29-46(43)63-41-28-37-17-19-51-47(37)52-32-41)56-22-20-54(21-23-56)33-38-16-18-49(2,3)31-44(38)35-8-11-39(50)12-9-35/h8-15,17,19,28-30,32,34H,4,6-7,16,18,20-27,31,33H2,1-3,5H3,(H,51,52)(H,53,58). The Kier molecular flexibility index (Phi) is 13.7. The molecule has 0 spiro atoms. The van der Waals surface area contributed by atoms with Crippen LogP contribution in [0.25, 0.3) is 16.6 Å². The Hall–Kier alpha value is -4.98. The van der Waals surface area contributed by atoms with Crippen molar-refractivity contribution >= 4 is 68.7 Å². The lowest BCUT2D eigenvalue weighted by molar-refractivity contribution is -0.385. The molecule has 2 fully saturated rings. The summed E-state index contributed by atoms with van der Waals surface area (Å²) in [5, 5.41) is 13.8. The van der Waals surface area contributed by atoms with E-state index in [2.05, 4.69) is 75.3 Å². The number of pyridine rings is 1. The number of aryl methyl sites for hydroxylation is 1. The summed E-state index contributed by atoms with van der Waals surface area (Å²) in [5.74, 6) is -0.433. The van der Waals surface area contributed by atoms with Crippen LogP contribution in [0, 0.1) is 15.5 Å². The molecule has 1 aliphatic carbocycles. The van der Waals surface area contributed by atoms with Gasteiger partial charge in [0.15, 0.2) is 0 Å². The first-order valence-electron chi connectivity index (χ1n) is 22.4. The quantitative estimate of drug-likeness (QED) is 0.0625. The average Bonchev–Trinajstić information content (AvgIpc) is 3.74. The van der Waals surface area contributed by atoms with Crippen LogP contribution in [0.5, 0.6) is 11.5 Å². The van der Waals surface area contributed by atoms with E-state index in [1.54, 1.807) is 30.5 Å². The molecule has 4 heterocycles. The molecule has 2 saturated heterocycles. The monoisotopic (exact) mass is 939 g/mol. The number of rotatable bonds is 14. The minimum atomic E-state index is -4.54. The van der Waals surface area contributed by atoms with Crippen LogP contribution in [0.15, 0.2) is 95.7 Å². The number of amides is 1. The first-order valence-corrected chi connectivity index (χ1v) is 27.0. The van der Waals surface area contributed by atoms with E-state index in [1.165, 1.54) is 35.0 Å². The van der Waals surface area contributed by atoms with Crippen LogP contribution in [0.2, 0.25) is 5.02 Å². The van der Waals surface area contributed by atoms with Crippen molar-refractivity contribution in [3.63, 3.8) is 0 Å². The normalized spacial score (nSPS) is 18.7. The molecule has 2 N–H and O–H groups in total. The van der Waals surface area contributed by atoms with Gasteiger partial charge < -0.3 is 14.6 Å². The summed E-state index contributed by atoms with van der Waals surface area (Å²) in [6.07, 6.45) is 14.2. The van der Waals surface area contributed by atoms with Gasteiger partial charge in [0.1, 0.15) is 17.1 Å². The van der Waals surface area contributed by atoms with Gasteiger partial charge in [0.25, 0.3) is 21.6 Å². The van der Waals surface area contributed by atoms with Gasteiger partial charge in [-0.05, 0) is 117 Å². The Bertz CT molecular complexity index is 2770. The molecular formula is C49H59ClN7O6PS. The van der Waals surface area contributed by atoms with Crippen LogP contribution in [0.3, 0.4) is 0 Å². The van der Waals surface area contributed by atoms with Crippen LogP contribution in [0.1, 0.15) is 67.9 Å². The number of hydrogen-bond donors (Lipinski definition) is 2. The van der Waals surface area contributed by atoms with Crippen molar-refractivity contribution in [3.8, 4) is 11.5 Å². The van der Waals surface area contributed by atoms with Gasteiger partial charge >= 0.3 is 0 Å². The van der Waals surface area contributed by atoms with E-state index < -0.39 is 27.7 Å². The second-order valence-electron chi connectivity index (χ2n) is 19.0. The van der Waals surface area contributed by atoms with Crippen molar-refractivity contribution < 1.29 is 22.9 Å². The fourth-order valence-electron chi connectivity index (χ4n) is 9.26. The van der Waals surface area contributed by atoms with E-state index in [0.717, 1.165) is 99.6 Å². The van der Waals surface area contributed by atoms with Crippen LogP contribution >= 0.6 is 18.5 Å². The molecule has 0 saturated carbocycles. The maximum Gasteiger partial charge on any atom is 0.273 e. The minimum absolute atomic E-state index is 0.0221. The highest BCUT2D eigenvalue weighted by Crippen LogP contribution is 2.44. The van der Waals surface area contributed by atoms with E-state index in [-0.39, 0.29) is 33.4 Å². The number of halogens is 1. The molecule has 3 aliphatic rings. The predicted molar refractivity (Wildman–Crippen MR) is 264 cm³/mol. The summed E-state index contributed by atoms with van der Waals surface area (Å²) in [5.41, 5.74) is 5.95. The van der Waals surface area contributed by atoms with E-state index in [4.69, 9.17) is 16.3 Å². The van der Waals surface area contributed by atoms with Gasteiger partial charge in [0.05, 0.1) is 21.6 Å². The number of piperazine rings is 1. The molecule has 0 bridgehead atoms. The van der Waals surface area contributed by atoms with Crippen molar-refractivity contribution in [1.82, 2.24) is 24.5 Å². The number of nitro benzene ring substituents is 1. The Morgan fingerprint density at radius 2 is 1.77 bits per heavy atom. The van der Waals surface area contributed by atoms with Crippen molar-refractivity contribution in [3.05, 3.63) is 123 Å². The number of sulfonamides is 1. The molecule has 0 radical (unpaired) electrons. The highest BCUT2D eigenvalue weighted by molar-refractivity contribution is 7.90. The molecule has 1 amide bonds. The third kappa shape index (κ3) is 11.2. The van der Waals surface area contributed by atoms with Gasteiger partial charge in [0, 0.05) is 91.8 Å². The molecule has 2 aliphatic heterocycles. The van der Waals surface area contributed by atoms with Crippen LogP contribution < -0.4 is 14.4 Å². The van der Waals surface area contributed by atoms with E-state index in [1.807, 2.05) is 18.2 Å². The number of H-pyrrole nitrogens is 1. The van der Waals surface area contributed by atoms with E-state index in [9.17, 15) is 23.3 Å². The van der Waals surface area contributed by atoms with Crippen molar-refractivity contribution in [2.75, 3.05) is 69.7 Å². The molecule has 2 aromatic heterocycles. The Balaban J connectivity index is 0.986. The van der Waals surface area contributed by atoms with Crippen molar-refractivity contribution in [1.29, 1.82) is 0 Å². The number of carbonyl (C=O) groups excluding carboxylic acids is 1. The fraction of sp³-hybridized carbons (Fsp3) is 0.408. The third-order valence-corrected chi connectivity index (χ3v) is 17.6. The molecule has 5 aromatic rings. The molecule has 13 nitrogen and oxygen atoms in total. The van der Waals surface area contributed by atoms with Gasteiger partial charge in [-0.25, -0.2) is 18.1 Å². The number of nitrogens with one attached hydrogen (secondary N) is 2. The number of benzene rings is 3. The number of ether oxygens (including phenoxy) is 1. The maximum absolute atomic E-state index is 14.0. The number of anilines is 1. The van der Waals surface area contributed by atoms with Gasteiger partial charge in [0.2, 0.25) is 0 Å². The molecule has 1 unspecified atom stereocenters. The lowest BCUT2D eigenvalue weighted by atomic mass is 9.72. The van der Waals surface area contributed by atoms with Gasteiger partial charge in [-0.3, -0.25) is 24.7 Å². The third-order valence-electron chi connectivity index (χ3n) is 13.4. The summed E-state index contributed by atoms with van der Waals surface area (Å²) in [6, 6.07) is 21.0. The number of aromatic nitrogens is 2. The Morgan fingerprint density at radius 3 is 2.49 bits per heavy atom. The van der Waals surface area contributed by atoms with Gasteiger partial charge in [-0.15, -0.1) is 13.2 Å². The second-order valence-corrected chi connectivity index (χ2v) is 25.3. The van der Waals surface area contributed by atoms with Crippen LogP contribution in [-0.4, -0.2) is 116 Å². The zero-order chi connectivity index (χ0) is 46.1. The molecule has 1 atom stereocenters. The highest BCUT2D eigenvalue weighted by atomic mass is 35.5. The van der Waals surface area contributed by atoms with Crippen molar-refractivity contribution in [2.24, 2.45) is 5.41 Å². The summed E-state index contributed by atoms with van der Waals surface area (Å²) >= 11 is 6.25. The smallest absolute Gasteiger partial charge is 0.273 e. The summed E-state index contributed by atoms with van der Waals surface area (Å²) in [7, 11) is -4.54. The minimum Gasteiger partial charge on any atom is -0.455 e. The van der Waals surface area contributed by atoms with Gasteiger partial charge in [-0.2, -0.15) is 0 Å². The highest BCUT2D eigenvalue weighted by Gasteiger charge is 2.31. The number of allylic oxidation sites excluding steroid dienone is 1. The Labute approximate surface area is 387 Å². The number of nitro groups is 1. The lowest BCUT2D eigenvalue weighted by Gasteiger charge is -2.39. The van der Waals surface area contributed by atoms with Crippen LogP contribution in [-0.2, 0) is 16.4 Å². The molecular weight excluding hydrogens is 881 g/mol. The number of fused-ring (bicyclic) bond motifs is 1. The first kappa shape index (κ1) is 46.5.